The zero-order valence-electron chi connectivity index (χ0n) is 9.94. The van der Waals surface area contributed by atoms with Gasteiger partial charge < -0.3 is 4.74 Å². The second-order valence-corrected chi connectivity index (χ2v) is 5.72. The number of esters is 2. The van der Waals surface area contributed by atoms with Gasteiger partial charge in [-0.1, -0.05) is 0 Å². The van der Waals surface area contributed by atoms with Crippen molar-refractivity contribution in [2.45, 2.75) is 37.2 Å². The monoisotopic (exact) mass is 278 g/mol. The molecule has 0 fully saturated rings. The van der Waals surface area contributed by atoms with Crippen molar-refractivity contribution in [3.63, 3.8) is 0 Å². The van der Waals surface area contributed by atoms with Gasteiger partial charge in [0.15, 0.2) is 21.1 Å². The Morgan fingerprint density at radius 2 is 1.06 bits per heavy atom. The number of carbonyl (C=O) groups excluding carboxylic acids is 4. The Morgan fingerprint density at radius 1 is 0.824 bits per heavy atom. The lowest BCUT2D eigenvalue weighted by Gasteiger charge is -2.21. The summed E-state index contributed by atoms with van der Waals surface area (Å²) in [5.41, 5.74) is 0. The van der Waals surface area contributed by atoms with Crippen molar-refractivity contribution in [2.24, 2.45) is 0 Å². The van der Waals surface area contributed by atoms with Gasteiger partial charge in [0, 0.05) is 0 Å². The zero-order chi connectivity index (χ0) is 14.0. The first-order valence-corrected chi connectivity index (χ1v) is 5.57. The first kappa shape index (κ1) is 16.2. The molecule has 0 saturated heterocycles. The van der Waals surface area contributed by atoms with Crippen molar-refractivity contribution in [3.8, 4) is 0 Å². The second kappa shape index (κ2) is 5.22. The molecule has 7 heteroatoms. The van der Waals surface area contributed by atoms with Gasteiger partial charge in [-0.2, -0.15) is 25.3 Å². The highest BCUT2D eigenvalue weighted by Crippen LogP contribution is 2.21. The van der Waals surface area contributed by atoms with Crippen molar-refractivity contribution >= 4 is 48.8 Å². The fraction of sp³-hybridized carbons (Fsp3) is 0.600. The number of ether oxygens (including phenoxy) is 1. The van der Waals surface area contributed by atoms with Gasteiger partial charge in [0.25, 0.3) is 0 Å². The average Bonchev–Trinajstić information content (AvgIpc) is 2.16. The summed E-state index contributed by atoms with van der Waals surface area (Å²) >= 11 is 7.62. The molecule has 0 aromatic carbocycles. The van der Waals surface area contributed by atoms with Crippen LogP contribution in [0.3, 0.4) is 0 Å². The van der Waals surface area contributed by atoms with Crippen molar-refractivity contribution in [3.05, 3.63) is 0 Å². The van der Waals surface area contributed by atoms with Crippen molar-refractivity contribution < 1.29 is 23.9 Å². The summed E-state index contributed by atoms with van der Waals surface area (Å²) in [6.07, 6.45) is 0. The molecule has 0 aliphatic carbocycles. The zero-order valence-corrected chi connectivity index (χ0v) is 11.7. The molecule has 5 nitrogen and oxygen atoms in total. The van der Waals surface area contributed by atoms with Crippen LogP contribution in [0.1, 0.15) is 27.7 Å². The summed E-state index contributed by atoms with van der Waals surface area (Å²) in [4.78, 5) is 45.2. The number of Topliss-reactive ketones (excluding diaryl/α,β-unsaturated/α-hetero) is 2. The Labute approximate surface area is 110 Å². The highest BCUT2D eigenvalue weighted by Gasteiger charge is 2.42. The minimum absolute atomic E-state index is 0.567. The highest BCUT2D eigenvalue weighted by molar-refractivity contribution is 7.84. The van der Waals surface area contributed by atoms with Crippen LogP contribution in [-0.4, -0.2) is 33.0 Å². The first-order valence-electron chi connectivity index (χ1n) is 4.67. The molecule has 17 heavy (non-hydrogen) atoms. The standard InChI is InChI=1S/C10H14O5S2/c1-5(11)9(3,16)7(13)15-8(14)10(4,17)6(2)12/h16-17H,1-4H3. The fourth-order valence-corrected chi connectivity index (χ4v) is 0.662. The van der Waals surface area contributed by atoms with Crippen molar-refractivity contribution in [2.75, 3.05) is 0 Å². The van der Waals surface area contributed by atoms with Crippen LogP contribution in [-0.2, 0) is 23.9 Å². The molecule has 0 heterocycles. The van der Waals surface area contributed by atoms with Crippen LogP contribution in [0.4, 0.5) is 0 Å². The van der Waals surface area contributed by atoms with Crippen LogP contribution < -0.4 is 0 Å². The number of thiol groups is 2. The van der Waals surface area contributed by atoms with Gasteiger partial charge in [-0.25, -0.2) is 9.59 Å². The maximum Gasteiger partial charge on any atom is 0.336 e. The predicted octanol–water partition coefficient (Wildman–Crippen LogP) is 0.611. The molecule has 0 aromatic heterocycles. The Kier molecular flexibility index (Phi) is 4.97. The van der Waals surface area contributed by atoms with E-state index in [1.165, 1.54) is 13.8 Å². The molecule has 0 rings (SSSR count). The lowest BCUT2D eigenvalue weighted by Crippen LogP contribution is -2.45. The number of rotatable bonds is 4. The molecular formula is C10H14O5S2. The number of hydrogen-bond acceptors (Lipinski definition) is 7. The van der Waals surface area contributed by atoms with E-state index in [2.05, 4.69) is 30.0 Å². The Bertz CT molecular complexity index is 348. The molecule has 0 radical (unpaired) electrons. The summed E-state index contributed by atoms with van der Waals surface area (Å²) < 4.78 is 0.979. The summed E-state index contributed by atoms with van der Waals surface area (Å²) in [5, 5.41) is 0. The van der Waals surface area contributed by atoms with Gasteiger partial charge in [0.2, 0.25) is 0 Å². The van der Waals surface area contributed by atoms with Gasteiger partial charge in [-0.3, -0.25) is 9.59 Å². The van der Waals surface area contributed by atoms with Crippen LogP contribution in [0, 0.1) is 0 Å². The molecule has 0 aliphatic rings. The van der Waals surface area contributed by atoms with E-state index in [0.29, 0.717) is 0 Å². The highest BCUT2D eigenvalue weighted by atomic mass is 32.1. The minimum Gasteiger partial charge on any atom is -0.390 e. The van der Waals surface area contributed by atoms with E-state index in [0.717, 1.165) is 13.8 Å². The molecular weight excluding hydrogens is 264 g/mol. The van der Waals surface area contributed by atoms with Crippen LogP contribution in [0.5, 0.6) is 0 Å². The number of hydrogen-bond donors (Lipinski definition) is 2. The predicted molar refractivity (Wildman–Crippen MR) is 67.2 cm³/mol. The quantitative estimate of drug-likeness (QED) is 0.447. The summed E-state index contributed by atoms with van der Waals surface area (Å²) in [7, 11) is 0. The van der Waals surface area contributed by atoms with E-state index in [9.17, 15) is 19.2 Å². The smallest absolute Gasteiger partial charge is 0.336 e. The van der Waals surface area contributed by atoms with Crippen LogP contribution in [0.25, 0.3) is 0 Å². The largest absolute Gasteiger partial charge is 0.390 e. The molecule has 0 aromatic rings. The van der Waals surface area contributed by atoms with E-state index in [4.69, 9.17) is 0 Å². The number of carbonyl (C=O) groups is 4. The van der Waals surface area contributed by atoms with E-state index in [1.807, 2.05) is 0 Å². The maximum absolute atomic E-state index is 11.5. The van der Waals surface area contributed by atoms with E-state index in [1.54, 1.807) is 0 Å². The molecule has 0 saturated carbocycles. The maximum atomic E-state index is 11.5. The number of ketones is 2. The third-order valence-electron chi connectivity index (χ3n) is 2.35. The lowest BCUT2D eigenvalue weighted by atomic mass is 10.1. The Morgan fingerprint density at radius 3 is 1.24 bits per heavy atom. The van der Waals surface area contributed by atoms with Gasteiger partial charge in [0.1, 0.15) is 0 Å². The lowest BCUT2D eigenvalue weighted by molar-refractivity contribution is -0.163. The molecule has 0 N–H and O–H groups in total. The summed E-state index contributed by atoms with van der Waals surface area (Å²) in [6.45, 7) is 4.70. The average molecular weight is 278 g/mol. The second-order valence-electron chi connectivity index (χ2n) is 3.93. The third-order valence-corrected chi connectivity index (χ3v) is 3.35. The van der Waals surface area contributed by atoms with E-state index >= 15 is 0 Å². The SMILES string of the molecule is CC(=O)C(C)(S)C(=O)OC(=O)C(C)(S)C(C)=O. The molecule has 0 amide bonds. The molecule has 2 atom stereocenters. The van der Waals surface area contributed by atoms with Gasteiger partial charge in [-0.15, -0.1) is 0 Å². The molecule has 2 unspecified atom stereocenters. The topological polar surface area (TPSA) is 77.5 Å². The van der Waals surface area contributed by atoms with E-state index in [-0.39, 0.29) is 0 Å². The molecule has 96 valence electrons. The summed E-state index contributed by atoms with van der Waals surface area (Å²) in [6, 6.07) is 0. The van der Waals surface area contributed by atoms with Gasteiger partial charge in [-0.05, 0) is 27.7 Å². The van der Waals surface area contributed by atoms with Crippen molar-refractivity contribution in [1.29, 1.82) is 0 Å². The Balaban J connectivity index is 4.90. The van der Waals surface area contributed by atoms with Crippen LogP contribution >= 0.6 is 25.3 Å². The van der Waals surface area contributed by atoms with Gasteiger partial charge >= 0.3 is 11.9 Å². The fourth-order valence-electron chi connectivity index (χ4n) is 0.570. The summed E-state index contributed by atoms with van der Waals surface area (Å²) in [5.74, 6) is -3.38. The molecule has 0 bridgehead atoms. The molecule has 0 aliphatic heterocycles. The van der Waals surface area contributed by atoms with Crippen molar-refractivity contribution in [1.82, 2.24) is 0 Å². The van der Waals surface area contributed by atoms with Crippen LogP contribution in [0.15, 0.2) is 0 Å². The first-order chi connectivity index (χ1) is 7.44. The third kappa shape index (κ3) is 3.57. The minimum atomic E-state index is -1.73. The normalized spacial score (nSPS) is 17.5. The Hall–Kier alpha value is -0.820. The van der Waals surface area contributed by atoms with Gasteiger partial charge in [0.05, 0.1) is 0 Å². The van der Waals surface area contributed by atoms with E-state index < -0.39 is 33.0 Å². The van der Waals surface area contributed by atoms with Crippen LogP contribution in [0.2, 0.25) is 0 Å². The molecule has 0 spiro atoms.